The Morgan fingerprint density at radius 2 is 0.793 bits per heavy atom. The quantitative estimate of drug-likeness (QED) is 0.148. The first-order valence-corrected chi connectivity index (χ1v) is 19.9. The Labute approximate surface area is 338 Å². The molecule has 0 amide bonds. The molecular formula is C56H38N2. The number of nitrogens with zero attached hydrogens (tertiary/aromatic N) is 2. The first kappa shape index (κ1) is 33.6. The molecule has 0 aliphatic heterocycles. The molecule has 0 aliphatic rings. The number of hydrogen-bond acceptors (Lipinski definition) is 1. The lowest BCUT2D eigenvalue weighted by Gasteiger charge is -2.28. The molecule has 0 unspecified atom stereocenters. The Bertz CT molecular complexity index is 3250. The van der Waals surface area contributed by atoms with Crippen molar-refractivity contribution in [1.29, 1.82) is 0 Å². The standard InChI is InChI=1S/C56H38N2/c1-3-14-39(15-4-1)40-26-28-41(29-27-40)43-17-13-20-48(36-43)57(56-38-45-16-7-8-21-49(45)50-22-9-10-23-51(50)56)47-33-30-42(31-34-47)44-32-35-55-53(37-44)52-24-11-12-25-54(52)58(55)46-18-5-2-6-19-46/h1-38H. The second-order valence-corrected chi connectivity index (χ2v) is 15.0. The zero-order valence-electron chi connectivity index (χ0n) is 31.8. The molecule has 0 saturated heterocycles. The third-order valence-corrected chi connectivity index (χ3v) is 11.6. The summed E-state index contributed by atoms with van der Waals surface area (Å²) in [6.45, 7) is 0. The van der Waals surface area contributed by atoms with E-state index >= 15 is 0 Å². The first-order chi connectivity index (χ1) is 28.8. The molecule has 0 bridgehead atoms. The van der Waals surface area contributed by atoms with Crippen molar-refractivity contribution >= 4 is 60.4 Å². The molecule has 11 aromatic rings. The molecular weight excluding hydrogens is 701 g/mol. The van der Waals surface area contributed by atoms with Crippen molar-refractivity contribution in [3.8, 4) is 39.1 Å². The fourth-order valence-corrected chi connectivity index (χ4v) is 8.77. The predicted octanol–water partition coefficient (Wildman–Crippen LogP) is 15.6. The minimum Gasteiger partial charge on any atom is -0.310 e. The average molecular weight is 739 g/mol. The maximum Gasteiger partial charge on any atom is 0.0546 e. The van der Waals surface area contributed by atoms with Crippen molar-refractivity contribution in [2.45, 2.75) is 0 Å². The van der Waals surface area contributed by atoms with Gasteiger partial charge < -0.3 is 9.47 Å². The van der Waals surface area contributed by atoms with E-state index in [1.165, 1.54) is 82.4 Å². The maximum absolute atomic E-state index is 2.43. The van der Waals surface area contributed by atoms with Crippen LogP contribution in [-0.2, 0) is 0 Å². The monoisotopic (exact) mass is 738 g/mol. The van der Waals surface area contributed by atoms with Gasteiger partial charge in [-0.25, -0.2) is 0 Å². The van der Waals surface area contributed by atoms with Crippen LogP contribution in [0, 0.1) is 0 Å². The van der Waals surface area contributed by atoms with Gasteiger partial charge in [0.05, 0.1) is 16.7 Å². The molecule has 0 N–H and O–H groups in total. The molecule has 1 aromatic heterocycles. The van der Waals surface area contributed by atoms with Gasteiger partial charge in [0, 0.05) is 33.2 Å². The lowest BCUT2D eigenvalue weighted by Crippen LogP contribution is -2.10. The zero-order valence-corrected chi connectivity index (χ0v) is 31.8. The van der Waals surface area contributed by atoms with Gasteiger partial charge in [-0.1, -0.05) is 170 Å². The second-order valence-electron chi connectivity index (χ2n) is 15.0. The van der Waals surface area contributed by atoms with Gasteiger partial charge in [-0.2, -0.15) is 0 Å². The summed E-state index contributed by atoms with van der Waals surface area (Å²) in [6, 6.07) is 83.7. The van der Waals surface area contributed by atoms with Crippen LogP contribution in [0.15, 0.2) is 231 Å². The fourth-order valence-electron chi connectivity index (χ4n) is 8.77. The van der Waals surface area contributed by atoms with Gasteiger partial charge in [0.2, 0.25) is 0 Å². The Balaban J connectivity index is 1.04. The number of benzene rings is 10. The van der Waals surface area contributed by atoms with E-state index in [2.05, 4.69) is 240 Å². The van der Waals surface area contributed by atoms with E-state index < -0.39 is 0 Å². The van der Waals surface area contributed by atoms with Crippen molar-refractivity contribution in [1.82, 2.24) is 4.57 Å². The van der Waals surface area contributed by atoms with Crippen molar-refractivity contribution in [2.75, 3.05) is 4.90 Å². The number of anilines is 3. The van der Waals surface area contributed by atoms with Crippen molar-refractivity contribution in [3.05, 3.63) is 231 Å². The minimum atomic E-state index is 1.10. The number of para-hydroxylation sites is 2. The molecule has 58 heavy (non-hydrogen) atoms. The largest absolute Gasteiger partial charge is 0.310 e. The molecule has 2 nitrogen and oxygen atoms in total. The van der Waals surface area contributed by atoms with Gasteiger partial charge in [-0.3, -0.25) is 0 Å². The number of hydrogen-bond donors (Lipinski definition) is 0. The molecule has 2 heteroatoms. The summed E-state index contributed by atoms with van der Waals surface area (Å²) < 4.78 is 2.37. The zero-order chi connectivity index (χ0) is 38.4. The number of fused-ring (bicyclic) bond motifs is 6. The fraction of sp³-hybridized carbons (Fsp3) is 0. The van der Waals surface area contributed by atoms with Crippen molar-refractivity contribution in [3.63, 3.8) is 0 Å². The first-order valence-electron chi connectivity index (χ1n) is 19.9. The Hall–Kier alpha value is -7.68. The summed E-state index contributed by atoms with van der Waals surface area (Å²) in [7, 11) is 0. The van der Waals surface area contributed by atoms with Crippen molar-refractivity contribution < 1.29 is 0 Å². The topological polar surface area (TPSA) is 8.17 Å². The Kier molecular flexibility index (Phi) is 8.19. The van der Waals surface area contributed by atoms with Gasteiger partial charge >= 0.3 is 0 Å². The molecule has 11 rings (SSSR count). The van der Waals surface area contributed by atoms with E-state index in [9.17, 15) is 0 Å². The summed E-state index contributed by atoms with van der Waals surface area (Å²) in [6.07, 6.45) is 0. The number of rotatable bonds is 7. The molecule has 0 aliphatic carbocycles. The van der Waals surface area contributed by atoms with Gasteiger partial charge in [0.1, 0.15) is 0 Å². The Morgan fingerprint density at radius 3 is 1.55 bits per heavy atom. The van der Waals surface area contributed by atoms with Gasteiger partial charge in [-0.15, -0.1) is 0 Å². The summed E-state index contributed by atoms with van der Waals surface area (Å²) in [5, 5.41) is 7.43. The SMILES string of the molecule is c1ccc(-c2ccc(-c3cccc(N(c4ccc(-c5ccc6c(c5)c5ccccc5n6-c5ccccc5)cc4)c4cc5ccccc5c5ccccc45)c3)cc2)cc1. The third-order valence-electron chi connectivity index (χ3n) is 11.6. The van der Waals surface area contributed by atoms with Crippen LogP contribution < -0.4 is 4.90 Å². The van der Waals surface area contributed by atoms with E-state index in [1.807, 2.05) is 0 Å². The molecule has 0 spiro atoms. The highest BCUT2D eigenvalue weighted by Crippen LogP contribution is 2.44. The summed E-state index contributed by atoms with van der Waals surface area (Å²) in [5.74, 6) is 0. The van der Waals surface area contributed by atoms with Gasteiger partial charge in [-0.05, 0) is 110 Å². The van der Waals surface area contributed by atoms with Crippen LogP contribution in [0.1, 0.15) is 0 Å². The molecule has 0 atom stereocenters. The van der Waals surface area contributed by atoms with Crippen LogP contribution in [-0.4, -0.2) is 4.57 Å². The molecule has 0 fully saturated rings. The maximum atomic E-state index is 2.43. The minimum absolute atomic E-state index is 1.10. The van der Waals surface area contributed by atoms with Gasteiger partial charge in [0.25, 0.3) is 0 Å². The van der Waals surface area contributed by atoms with E-state index in [-0.39, 0.29) is 0 Å². The smallest absolute Gasteiger partial charge is 0.0546 e. The van der Waals surface area contributed by atoms with Crippen LogP contribution in [0.5, 0.6) is 0 Å². The van der Waals surface area contributed by atoms with Crippen LogP contribution in [0.4, 0.5) is 17.1 Å². The van der Waals surface area contributed by atoms with Crippen LogP contribution in [0.2, 0.25) is 0 Å². The second kappa shape index (κ2) is 14.1. The molecule has 1 heterocycles. The van der Waals surface area contributed by atoms with Crippen molar-refractivity contribution in [2.24, 2.45) is 0 Å². The summed E-state index contributed by atoms with van der Waals surface area (Å²) in [4.78, 5) is 2.43. The molecule has 0 saturated carbocycles. The summed E-state index contributed by atoms with van der Waals surface area (Å²) in [5.41, 5.74) is 14.1. The molecule has 10 aromatic carbocycles. The predicted molar refractivity (Wildman–Crippen MR) is 247 cm³/mol. The summed E-state index contributed by atoms with van der Waals surface area (Å²) >= 11 is 0. The Morgan fingerprint density at radius 1 is 0.276 bits per heavy atom. The lowest BCUT2D eigenvalue weighted by molar-refractivity contribution is 1.18. The van der Waals surface area contributed by atoms with E-state index in [0.717, 1.165) is 17.1 Å². The average Bonchev–Trinajstić information content (AvgIpc) is 3.64. The molecule has 272 valence electrons. The molecule has 0 radical (unpaired) electrons. The van der Waals surface area contributed by atoms with E-state index in [0.29, 0.717) is 0 Å². The van der Waals surface area contributed by atoms with Gasteiger partial charge in [0.15, 0.2) is 0 Å². The van der Waals surface area contributed by atoms with Crippen LogP contribution in [0.25, 0.3) is 82.4 Å². The van der Waals surface area contributed by atoms with Crippen LogP contribution >= 0.6 is 0 Å². The highest BCUT2D eigenvalue weighted by Gasteiger charge is 2.19. The highest BCUT2D eigenvalue weighted by atomic mass is 15.1. The highest BCUT2D eigenvalue weighted by molar-refractivity contribution is 6.15. The van der Waals surface area contributed by atoms with E-state index in [4.69, 9.17) is 0 Å². The normalized spacial score (nSPS) is 11.4. The lowest BCUT2D eigenvalue weighted by atomic mass is 9.97. The third kappa shape index (κ3) is 5.82. The van der Waals surface area contributed by atoms with Crippen LogP contribution in [0.3, 0.4) is 0 Å². The van der Waals surface area contributed by atoms with E-state index in [1.54, 1.807) is 0 Å². The number of aromatic nitrogens is 1.